The van der Waals surface area contributed by atoms with Crippen LogP contribution >= 0.6 is 0 Å². The van der Waals surface area contributed by atoms with Crippen molar-refractivity contribution in [2.24, 2.45) is 5.84 Å². The number of halogens is 2. The Morgan fingerprint density at radius 2 is 1.61 bits per heavy atom. The Morgan fingerprint density at radius 3 is 2.11 bits per heavy atom. The Bertz CT molecular complexity index is 231. The van der Waals surface area contributed by atoms with Gasteiger partial charge < -0.3 is 18.9 Å². The van der Waals surface area contributed by atoms with Crippen molar-refractivity contribution < 1.29 is 32.5 Å². The molecule has 3 N–H and O–H groups in total. The molecule has 0 saturated heterocycles. The molecule has 18 heavy (non-hydrogen) atoms. The van der Waals surface area contributed by atoms with Crippen molar-refractivity contribution in [2.75, 3.05) is 46.8 Å². The van der Waals surface area contributed by atoms with Crippen molar-refractivity contribution in [3.8, 4) is 0 Å². The van der Waals surface area contributed by atoms with Crippen LogP contribution in [0.3, 0.4) is 0 Å². The molecule has 0 bridgehead atoms. The van der Waals surface area contributed by atoms with E-state index in [9.17, 15) is 13.6 Å². The minimum absolute atomic E-state index is 0.0823. The van der Waals surface area contributed by atoms with Gasteiger partial charge >= 0.3 is 12.0 Å². The van der Waals surface area contributed by atoms with Crippen molar-refractivity contribution in [1.82, 2.24) is 5.43 Å². The summed E-state index contributed by atoms with van der Waals surface area (Å²) in [7, 11) is 1.55. The molecule has 0 spiro atoms. The van der Waals surface area contributed by atoms with Gasteiger partial charge in [0.25, 0.3) is 0 Å². The van der Waals surface area contributed by atoms with Crippen LogP contribution in [0.2, 0.25) is 0 Å². The largest absolute Gasteiger partial charge is 0.437 e. The second kappa shape index (κ2) is 10.1. The molecule has 9 heteroatoms. The van der Waals surface area contributed by atoms with Crippen molar-refractivity contribution in [1.29, 1.82) is 0 Å². The monoisotopic (exact) mass is 272 g/mol. The van der Waals surface area contributed by atoms with Crippen LogP contribution in [-0.4, -0.2) is 58.8 Å². The molecule has 0 aliphatic heterocycles. The van der Waals surface area contributed by atoms with E-state index in [0.29, 0.717) is 19.8 Å². The highest BCUT2D eigenvalue weighted by Gasteiger charge is 2.39. The summed E-state index contributed by atoms with van der Waals surface area (Å²) >= 11 is 0. The molecule has 0 aromatic carbocycles. The fourth-order valence-electron chi connectivity index (χ4n) is 0.843. The molecule has 0 fully saturated rings. The predicted octanol–water partition coefficient (Wildman–Crippen LogP) is -0.735. The summed E-state index contributed by atoms with van der Waals surface area (Å²) < 4.78 is 44.2. The lowest BCUT2D eigenvalue weighted by Crippen LogP contribution is -2.45. The first-order valence-electron chi connectivity index (χ1n) is 5.22. The Kier molecular flexibility index (Phi) is 9.60. The number of hydrogen-bond donors (Lipinski definition) is 2. The van der Waals surface area contributed by atoms with Gasteiger partial charge in [0.15, 0.2) is 0 Å². The van der Waals surface area contributed by atoms with Gasteiger partial charge in [-0.25, -0.2) is 5.84 Å². The Balaban J connectivity index is 3.37. The SMILES string of the molecule is COCCOCCOCCOC(F)(F)C(=O)NN. The first-order valence-corrected chi connectivity index (χ1v) is 5.22. The molecule has 0 saturated carbocycles. The molecule has 0 radical (unpaired) electrons. The normalized spacial score (nSPS) is 11.6. The topological polar surface area (TPSA) is 92.0 Å². The standard InChI is InChI=1S/C9H18F2N2O5/c1-15-2-3-16-4-5-17-6-7-18-9(10,11)8(14)13-12/h2-7,12H2,1H3,(H,13,14). The van der Waals surface area contributed by atoms with Gasteiger partial charge in [0, 0.05) is 7.11 Å². The summed E-state index contributed by atoms with van der Waals surface area (Å²) in [5, 5.41) is 0. The van der Waals surface area contributed by atoms with Crippen molar-refractivity contribution >= 4 is 5.91 Å². The fraction of sp³-hybridized carbons (Fsp3) is 0.889. The van der Waals surface area contributed by atoms with E-state index in [4.69, 9.17) is 14.2 Å². The molecule has 0 aliphatic rings. The molecule has 0 heterocycles. The number of methoxy groups -OCH3 is 1. The molecule has 0 aromatic rings. The quantitative estimate of drug-likeness (QED) is 0.223. The van der Waals surface area contributed by atoms with Crippen LogP contribution in [-0.2, 0) is 23.7 Å². The number of nitrogens with one attached hydrogen (secondary N) is 1. The predicted molar refractivity (Wildman–Crippen MR) is 56.7 cm³/mol. The van der Waals surface area contributed by atoms with Gasteiger partial charge in [-0.15, -0.1) is 0 Å². The van der Waals surface area contributed by atoms with E-state index >= 15 is 0 Å². The van der Waals surface area contributed by atoms with Crippen LogP contribution in [0, 0.1) is 0 Å². The third-order valence-corrected chi connectivity index (χ3v) is 1.71. The van der Waals surface area contributed by atoms with Gasteiger partial charge in [0.2, 0.25) is 0 Å². The number of amides is 1. The second-order valence-electron chi connectivity index (χ2n) is 3.06. The van der Waals surface area contributed by atoms with Gasteiger partial charge in [-0.1, -0.05) is 0 Å². The maximum absolute atomic E-state index is 12.7. The summed E-state index contributed by atoms with van der Waals surface area (Å²) in [6.45, 7) is 0.957. The highest BCUT2D eigenvalue weighted by atomic mass is 19.3. The van der Waals surface area contributed by atoms with Gasteiger partial charge in [0.1, 0.15) is 0 Å². The second-order valence-corrected chi connectivity index (χ2v) is 3.06. The van der Waals surface area contributed by atoms with Crippen LogP contribution in [0.5, 0.6) is 0 Å². The summed E-state index contributed by atoms with van der Waals surface area (Å²) in [5.41, 5.74) is 1.30. The molecule has 7 nitrogen and oxygen atoms in total. The van der Waals surface area contributed by atoms with E-state index in [1.807, 2.05) is 0 Å². The van der Waals surface area contributed by atoms with E-state index in [1.165, 1.54) is 5.43 Å². The van der Waals surface area contributed by atoms with Gasteiger partial charge in [0.05, 0.1) is 39.6 Å². The van der Waals surface area contributed by atoms with E-state index < -0.39 is 18.6 Å². The number of nitrogens with two attached hydrogens (primary N) is 1. The molecule has 0 atom stereocenters. The van der Waals surface area contributed by atoms with Crippen molar-refractivity contribution in [3.05, 3.63) is 0 Å². The molecule has 0 aromatic heterocycles. The number of alkyl halides is 2. The summed E-state index contributed by atoms with van der Waals surface area (Å²) in [4.78, 5) is 10.5. The smallest absolute Gasteiger partial charge is 0.382 e. The molecule has 0 unspecified atom stereocenters. The zero-order valence-electron chi connectivity index (χ0n) is 10.1. The fourth-order valence-corrected chi connectivity index (χ4v) is 0.843. The minimum Gasteiger partial charge on any atom is -0.382 e. The summed E-state index contributed by atoms with van der Waals surface area (Å²) in [5.74, 6) is 2.85. The van der Waals surface area contributed by atoms with E-state index in [-0.39, 0.29) is 13.2 Å². The lowest BCUT2D eigenvalue weighted by Gasteiger charge is -2.14. The molecule has 1 amide bonds. The highest BCUT2D eigenvalue weighted by molar-refractivity contribution is 5.81. The average molecular weight is 272 g/mol. The number of hydrogen-bond acceptors (Lipinski definition) is 6. The number of rotatable bonds is 11. The molecular weight excluding hydrogens is 254 g/mol. The van der Waals surface area contributed by atoms with Gasteiger partial charge in [-0.3, -0.25) is 10.2 Å². The lowest BCUT2D eigenvalue weighted by molar-refractivity contribution is -0.234. The van der Waals surface area contributed by atoms with Gasteiger partial charge in [-0.2, -0.15) is 8.78 Å². The lowest BCUT2D eigenvalue weighted by atomic mass is 10.6. The molecule has 0 rings (SSSR count). The Morgan fingerprint density at radius 1 is 1.11 bits per heavy atom. The zero-order chi connectivity index (χ0) is 13.9. The van der Waals surface area contributed by atoms with Crippen LogP contribution in [0.4, 0.5) is 8.78 Å². The maximum Gasteiger partial charge on any atom is 0.437 e. The number of carbonyl (C=O) groups is 1. The average Bonchev–Trinajstić information content (AvgIpc) is 2.35. The summed E-state index contributed by atoms with van der Waals surface area (Å²) in [6, 6.07) is 0. The number of ether oxygens (including phenoxy) is 4. The third-order valence-electron chi connectivity index (χ3n) is 1.71. The summed E-state index contributed by atoms with van der Waals surface area (Å²) in [6.07, 6.45) is -3.95. The Hall–Kier alpha value is -0.870. The molecule has 108 valence electrons. The van der Waals surface area contributed by atoms with Crippen LogP contribution in [0.25, 0.3) is 0 Å². The first-order chi connectivity index (χ1) is 8.54. The van der Waals surface area contributed by atoms with Crippen molar-refractivity contribution in [3.63, 3.8) is 0 Å². The zero-order valence-corrected chi connectivity index (χ0v) is 10.1. The minimum atomic E-state index is -3.95. The van der Waals surface area contributed by atoms with E-state index in [1.54, 1.807) is 7.11 Å². The van der Waals surface area contributed by atoms with Crippen LogP contribution in [0.15, 0.2) is 0 Å². The highest BCUT2D eigenvalue weighted by Crippen LogP contribution is 2.14. The van der Waals surface area contributed by atoms with Crippen LogP contribution in [0.1, 0.15) is 0 Å². The molecular formula is C9H18F2N2O5. The first kappa shape index (κ1) is 17.1. The van der Waals surface area contributed by atoms with E-state index in [0.717, 1.165) is 0 Å². The van der Waals surface area contributed by atoms with Crippen LogP contribution < -0.4 is 11.3 Å². The van der Waals surface area contributed by atoms with Gasteiger partial charge in [-0.05, 0) is 0 Å². The number of carbonyl (C=O) groups excluding carboxylic acids is 1. The van der Waals surface area contributed by atoms with Crippen molar-refractivity contribution in [2.45, 2.75) is 6.11 Å². The molecule has 0 aliphatic carbocycles. The van der Waals surface area contributed by atoms with E-state index in [2.05, 4.69) is 10.6 Å². The number of hydrazine groups is 1. The third kappa shape index (κ3) is 8.25. The Labute approximate surface area is 103 Å². The maximum atomic E-state index is 12.7.